The minimum atomic E-state index is -0.367. The van der Waals surface area contributed by atoms with Crippen LogP contribution in [-0.2, 0) is 4.79 Å². The van der Waals surface area contributed by atoms with Crippen molar-refractivity contribution in [1.82, 2.24) is 0 Å². The molecule has 0 saturated carbocycles. The van der Waals surface area contributed by atoms with Crippen molar-refractivity contribution in [3.8, 4) is 23.0 Å². The van der Waals surface area contributed by atoms with Gasteiger partial charge in [0.2, 0.25) is 0 Å². The molecule has 0 aliphatic carbocycles. The van der Waals surface area contributed by atoms with Crippen LogP contribution >= 0.6 is 0 Å². The van der Waals surface area contributed by atoms with E-state index in [2.05, 4.69) is 0 Å². The first-order chi connectivity index (χ1) is 10.1. The Balaban J connectivity index is 2.13. The summed E-state index contributed by atoms with van der Waals surface area (Å²) in [5, 5.41) is 19.6. The van der Waals surface area contributed by atoms with E-state index in [1.807, 2.05) is 0 Å². The lowest BCUT2D eigenvalue weighted by Crippen LogP contribution is -2.21. The van der Waals surface area contributed by atoms with Crippen molar-refractivity contribution in [3.05, 3.63) is 47.5 Å². The molecule has 1 atom stereocenters. The average Bonchev–Trinajstić information content (AvgIpc) is 2.46. The molecule has 0 aromatic heterocycles. The Hall–Kier alpha value is -2.69. The molecule has 0 radical (unpaired) electrons. The predicted octanol–water partition coefficient (Wildman–Crippen LogP) is 2.55. The maximum atomic E-state index is 11.8. The molecule has 1 aliphatic rings. The van der Waals surface area contributed by atoms with Gasteiger partial charge < -0.3 is 19.7 Å². The van der Waals surface area contributed by atoms with Crippen molar-refractivity contribution >= 4 is 5.97 Å². The van der Waals surface area contributed by atoms with Crippen LogP contribution in [0.5, 0.6) is 23.0 Å². The highest BCUT2D eigenvalue weighted by Gasteiger charge is 2.31. The highest BCUT2D eigenvalue weighted by atomic mass is 16.5. The van der Waals surface area contributed by atoms with E-state index in [0.717, 1.165) is 5.56 Å². The Labute approximate surface area is 121 Å². The van der Waals surface area contributed by atoms with Crippen LogP contribution in [0.25, 0.3) is 0 Å². The SMILES string of the molecule is COc1cc(O)c2c(c1)OC(=O)CC2c1ccc(O)cc1. The van der Waals surface area contributed by atoms with Crippen LogP contribution in [0.2, 0.25) is 0 Å². The summed E-state index contributed by atoms with van der Waals surface area (Å²) in [6, 6.07) is 9.63. The van der Waals surface area contributed by atoms with Crippen molar-refractivity contribution in [1.29, 1.82) is 0 Å². The lowest BCUT2D eigenvalue weighted by Gasteiger charge is -2.26. The van der Waals surface area contributed by atoms with Crippen LogP contribution in [0.15, 0.2) is 36.4 Å². The number of hydrogen-bond donors (Lipinski definition) is 2. The summed E-state index contributed by atoms with van der Waals surface area (Å²) < 4.78 is 10.3. The van der Waals surface area contributed by atoms with Gasteiger partial charge in [-0.25, -0.2) is 0 Å². The molecule has 1 aliphatic heterocycles. The van der Waals surface area contributed by atoms with E-state index in [9.17, 15) is 15.0 Å². The van der Waals surface area contributed by atoms with E-state index in [4.69, 9.17) is 9.47 Å². The highest BCUT2D eigenvalue weighted by molar-refractivity contribution is 5.79. The fourth-order valence-corrected chi connectivity index (χ4v) is 2.56. The van der Waals surface area contributed by atoms with Crippen LogP contribution in [0.1, 0.15) is 23.5 Å². The quantitative estimate of drug-likeness (QED) is 0.655. The molecular formula is C16H14O5. The highest BCUT2D eigenvalue weighted by Crippen LogP contribution is 2.45. The van der Waals surface area contributed by atoms with Gasteiger partial charge in [-0.05, 0) is 17.7 Å². The second-order valence-electron chi connectivity index (χ2n) is 4.88. The Bertz CT molecular complexity index is 691. The molecule has 5 nitrogen and oxygen atoms in total. The van der Waals surface area contributed by atoms with Gasteiger partial charge in [-0.15, -0.1) is 0 Å². The Morgan fingerprint density at radius 1 is 1.19 bits per heavy atom. The lowest BCUT2D eigenvalue weighted by molar-refractivity contribution is -0.135. The number of methoxy groups -OCH3 is 1. The number of rotatable bonds is 2. The number of phenolic OH excluding ortho intramolecular Hbond substituents is 2. The van der Waals surface area contributed by atoms with E-state index in [-0.39, 0.29) is 29.8 Å². The first-order valence-electron chi connectivity index (χ1n) is 6.49. The number of phenols is 2. The van der Waals surface area contributed by atoms with E-state index >= 15 is 0 Å². The summed E-state index contributed by atoms with van der Waals surface area (Å²) in [7, 11) is 1.48. The topological polar surface area (TPSA) is 76.0 Å². The molecule has 2 N–H and O–H groups in total. The maximum Gasteiger partial charge on any atom is 0.312 e. The second-order valence-corrected chi connectivity index (χ2v) is 4.88. The molecule has 0 saturated heterocycles. The van der Waals surface area contributed by atoms with Gasteiger partial charge in [0.25, 0.3) is 0 Å². The number of fused-ring (bicyclic) bond motifs is 1. The first kappa shape index (κ1) is 13.3. The van der Waals surface area contributed by atoms with E-state index in [1.165, 1.54) is 13.2 Å². The number of carbonyl (C=O) groups is 1. The number of hydrogen-bond acceptors (Lipinski definition) is 5. The Morgan fingerprint density at radius 3 is 2.57 bits per heavy atom. The van der Waals surface area contributed by atoms with Crippen molar-refractivity contribution in [3.63, 3.8) is 0 Å². The number of aromatic hydroxyl groups is 2. The number of benzene rings is 2. The van der Waals surface area contributed by atoms with Crippen molar-refractivity contribution < 1.29 is 24.5 Å². The third-order valence-electron chi connectivity index (χ3n) is 3.57. The van der Waals surface area contributed by atoms with Gasteiger partial charge in [0.15, 0.2) is 0 Å². The summed E-state index contributed by atoms with van der Waals surface area (Å²) in [6.45, 7) is 0. The third kappa shape index (κ3) is 2.38. The zero-order valence-electron chi connectivity index (χ0n) is 11.4. The molecule has 21 heavy (non-hydrogen) atoms. The standard InChI is InChI=1S/C16H14O5/c1-20-11-6-13(18)16-12(8-15(19)21-14(16)7-11)9-2-4-10(17)5-3-9/h2-7,12,17-18H,8H2,1H3. The molecule has 0 spiro atoms. The first-order valence-corrected chi connectivity index (χ1v) is 6.49. The van der Waals surface area contributed by atoms with Crippen LogP contribution in [-0.4, -0.2) is 23.3 Å². The molecule has 0 amide bonds. The molecule has 1 unspecified atom stereocenters. The van der Waals surface area contributed by atoms with Gasteiger partial charge >= 0.3 is 5.97 Å². The zero-order valence-corrected chi connectivity index (χ0v) is 11.4. The van der Waals surface area contributed by atoms with Gasteiger partial charge in [0, 0.05) is 23.6 Å². The van der Waals surface area contributed by atoms with Gasteiger partial charge in [-0.2, -0.15) is 0 Å². The molecule has 2 aromatic rings. The smallest absolute Gasteiger partial charge is 0.312 e. The summed E-state index contributed by atoms with van der Waals surface area (Å²) in [5.74, 6) is 0.221. The van der Waals surface area contributed by atoms with Crippen molar-refractivity contribution in [2.75, 3.05) is 7.11 Å². The van der Waals surface area contributed by atoms with E-state index in [1.54, 1.807) is 30.3 Å². The molecule has 0 bridgehead atoms. The largest absolute Gasteiger partial charge is 0.508 e. The maximum absolute atomic E-state index is 11.8. The van der Waals surface area contributed by atoms with Crippen molar-refractivity contribution in [2.45, 2.75) is 12.3 Å². The molecule has 1 heterocycles. The normalized spacial score (nSPS) is 17.0. The van der Waals surface area contributed by atoms with Crippen LogP contribution in [0, 0.1) is 0 Å². The molecule has 108 valence electrons. The summed E-state index contributed by atoms with van der Waals surface area (Å²) in [5.41, 5.74) is 1.38. The lowest BCUT2D eigenvalue weighted by atomic mass is 9.85. The summed E-state index contributed by atoms with van der Waals surface area (Å²) >= 11 is 0. The summed E-state index contributed by atoms with van der Waals surface area (Å²) in [4.78, 5) is 11.8. The third-order valence-corrected chi connectivity index (χ3v) is 3.57. The van der Waals surface area contributed by atoms with E-state index < -0.39 is 0 Å². The number of carbonyl (C=O) groups excluding carboxylic acids is 1. The monoisotopic (exact) mass is 286 g/mol. The average molecular weight is 286 g/mol. The molecule has 5 heteroatoms. The van der Waals surface area contributed by atoms with Crippen molar-refractivity contribution in [2.24, 2.45) is 0 Å². The van der Waals surface area contributed by atoms with Crippen LogP contribution in [0.4, 0.5) is 0 Å². The van der Waals surface area contributed by atoms with Gasteiger partial charge in [-0.1, -0.05) is 12.1 Å². The number of esters is 1. The molecule has 3 rings (SSSR count). The fraction of sp³-hybridized carbons (Fsp3) is 0.188. The molecule has 2 aromatic carbocycles. The zero-order chi connectivity index (χ0) is 15.0. The second kappa shape index (κ2) is 5.01. The molecule has 0 fully saturated rings. The Morgan fingerprint density at radius 2 is 1.90 bits per heavy atom. The molecular weight excluding hydrogens is 272 g/mol. The van der Waals surface area contributed by atoms with Gasteiger partial charge in [-0.3, -0.25) is 4.79 Å². The van der Waals surface area contributed by atoms with Crippen LogP contribution in [0.3, 0.4) is 0 Å². The Kier molecular flexibility index (Phi) is 3.17. The fourth-order valence-electron chi connectivity index (χ4n) is 2.56. The van der Waals surface area contributed by atoms with Gasteiger partial charge in [0.1, 0.15) is 23.0 Å². The number of ether oxygens (including phenoxy) is 2. The van der Waals surface area contributed by atoms with Gasteiger partial charge in [0.05, 0.1) is 13.5 Å². The minimum absolute atomic E-state index is 0.0231. The predicted molar refractivity (Wildman–Crippen MR) is 74.9 cm³/mol. The van der Waals surface area contributed by atoms with E-state index in [0.29, 0.717) is 17.1 Å². The minimum Gasteiger partial charge on any atom is -0.508 e. The van der Waals surface area contributed by atoms with Crippen LogP contribution < -0.4 is 9.47 Å². The summed E-state index contributed by atoms with van der Waals surface area (Å²) in [6.07, 6.45) is 0.137.